The van der Waals surface area contributed by atoms with Crippen LogP contribution >= 0.6 is 15.9 Å². The van der Waals surface area contributed by atoms with Crippen LogP contribution in [0, 0.1) is 13.8 Å². The van der Waals surface area contributed by atoms with Gasteiger partial charge in [-0.05, 0) is 31.5 Å². The molecule has 2 N–H and O–H groups in total. The Kier molecular flexibility index (Phi) is 3.61. The van der Waals surface area contributed by atoms with E-state index in [9.17, 15) is 4.79 Å². The second kappa shape index (κ2) is 5.05. The van der Waals surface area contributed by atoms with Gasteiger partial charge in [-0.3, -0.25) is 4.57 Å². The fourth-order valence-corrected chi connectivity index (χ4v) is 2.29. The van der Waals surface area contributed by atoms with E-state index in [1.807, 2.05) is 25.1 Å². The average Bonchev–Trinajstić information content (AvgIpc) is 2.68. The van der Waals surface area contributed by atoms with Crippen LogP contribution in [0.3, 0.4) is 0 Å². The molecule has 0 bridgehead atoms. The number of hydrogen-bond donors (Lipinski definition) is 1. The van der Waals surface area contributed by atoms with Gasteiger partial charge in [0.05, 0.1) is 12.8 Å². The highest BCUT2D eigenvalue weighted by atomic mass is 79.9. The fourth-order valence-electron chi connectivity index (χ4n) is 1.94. The number of aromatic nitrogens is 2. The van der Waals surface area contributed by atoms with Gasteiger partial charge < -0.3 is 10.5 Å². The van der Waals surface area contributed by atoms with Gasteiger partial charge >= 0.3 is 5.97 Å². The number of halogens is 1. The molecule has 1 aromatic heterocycles. The number of carbonyl (C=O) groups is 1. The minimum absolute atomic E-state index is 0.138. The van der Waals surface area contributed by atoms with E-state index in [0.29, 0.717) is 5.82 Å². The van der Waals surface area contributed by atoms with Crippen LogP contribution < -0.4 is 5.73 Å². The van der Waals surface area contributed by atoms with Gasteiger partial charge in [0.15, 0.2) is 5.69 Å². The summed E-state index contributed by atoms with van der Waals surface area (Å²) >= 11 is 3.48. The molecule has 0 fully saturated rings. The number of methoxy groups -OCH3 is 1. The Morgan fingerprint density at radius 3 is 2.74 bits per heavy atom. The third-order valence-electron chi connectivity index (χ3n) is 2.94. The Balaban J connectivity index is 2.67. The number of nitrogen functional groups attached to an aromatic ring is 1. The van der Waals surface area contributed by atoms with Crippen LogP contribution in [-0.4, -0.2) is 22.6 Å². The van der Waals surface area contributed by atoms with Crippen LogP contribution in [-0.2, 0) is 4.74 Å². The van der Waals surface area contributed by atoms with E-state index in [0.717, 1.165) is 15.7 Å². The van der Waals surface area contributed by atoms with Crippen molar-refractivity contribution in [1.82, 2.24) is 9.55 Å². The molecule has 0 atom stereocenters. The lowest BCUT2D eigenvalue weighted by molar-refractivity contribution is 0.0596. The number of benzene rings is 1. The highest BCUT2D eigenvalue weighted by Gasteiger charge is 2.21. The van der Waals surface area contributed by atoms with Crippen LogP contribution in [0.2, 0.25) is 0 Å². The summed E-state index contributed by atoms with van der Waals surface area (Å²) in [6.07, 6.45) is 0. The number of anilines is 1. The topological polar surface area (TPSA) is 70.1 Å². The largest absolute Gasteiger partial charge is 0.464 e. The van der Waals surface area contributed by atoms with Crippen LogP contribution in [0.15, 0.2) is 22.7 Å². The first-order valence-electron chi connectivity index (χ1n) is 5.66. The maximum Gasteiger partial charge on any atom is 0.360 e. The first-order chi connectivity index (χ1) is 8.97. The molecule has 5 nitrogen and oxygen atoms in total. The highest BCUT2D eigenvalue weighted by molar-refractivity contribution is 9.10. The van der Waals surface area contributed by atoms with Gasteiger partial charge in [0.2, 0.25) is 0 Å². The van der Waals surface area contributed by atoms with Crippen molar-refractivity contribution in [2.24, 2.45) is 0 Å². The lowest BCUT2D eigenvalue weighted by Gasteiger charge is -2.12. The summed E-state index contributed by atoms with van der Waals surface area (Å²) in [4.78, 5) is 15.8. The van der Waals surface area contributed by atoms with Crippen molar-refractivity contribution < 1.29 is 9.53 Å². The van der Waals surface area contributed by atoms with Crippen LogP contribution in [0.5, 0.6) is 0 Å². The molecule has 0 radical (unpaired) electrons. The highest BCUT2D eigenvalue weighted by Crippen LogP contribution is 2.27. The maximum absolute atomic E-state index is 11.6. The normalized spacial score (nSPS) is 10.5. The molecule has 1 heterocycles. The number of carbonyl (C=O) groups excluding carboxylic acids is 1. The maximum atomic E-state index is 11.6. The monoisotopic (exact) mass is 323 g/mol. The van der Waals surface area contributed by atoms with Crippen molar-refractivity contribution in [3.05, 3.63) is 39.8 Å². The van der Waals surface area contributed by atoms with Gasteiger partial charge in [-0.2, -0.15) is 0 Å². The van der Waals surface area contributed by atoms with Crippen molar-refractivity contribution in [2.45, 2.75) is 13.8 Å². The van der Waals surface area contributed by atoms with Gasteiger partial charge in [-0.1, -0.05) is 22.0 Å². The van der Waals surface area contributed by atoms with E-state index in [1.54, 1.807) is 11.5 Å². The molecule has 6 heteroatoms. The number of esters is 1. The van der Waals surface area contributed by atoms with E-state index in [2.05, 4.69) is 25.7 Å². The quantitative estimate of drug-likeness (QED) is 0.862. The molecule has 0 saturated carbocycles. The molecule has 0 saturated heterocycles. The van der Waals surface area contributed by atoms with Crippen molar-refractivity contribution in [2.75, 3.05) is 12.8 Å². The number of nitrogens with two attached hydrogens (primary N) is 1. The second-order valence-corrected chi connectivity index (χ2v) is 4.96. The number of ether oxygens (including phenoxy) is 1. The second-order valence-electron chi connectivity index (χ2n) is 4.10. The van der Waals surface area contributed by atoms with Gasteiger partial charge in [0.25, 0.3) is 0 Å². The first kappa shape index (κ1) is 13.6. The van der Waals surface area contributed by atoms with Gasteiger partial charge in [0, 0.05) is 4.47 Å². The Morgan fingerprint density at radius 2 is 2.11 bits per heavy atom. The predicted molar refractivity (Wildman–Crippen MR) is 76.5 cm³/mol. The molecule has 100 valence electrons. The fraction of sp³-hybridized carbons (Fsp3) is 0.231. The van der Waals surface area contributed by atoms with Crippen LogP contribution in [0.1, 0.15) is 21.9 Å². The summed E-state index contributed by atoms with van der Waals surface area (Å²) < 4.78 is 7.38. The lowest BCUT2D eigenvalue weighted by atomic mass is 10.2. The van der Waals surface area contributed by atoms with Gasteiger partial charge in [0.1, 0.15) is 11.6 Å². The van der Waals surface area contributed by atoms with Crippen LogP contribution in [0.4, 0.5) is 5.82 Å². The summed E-state index contributed by atoms with van der Waals surface area (Å²) in [7, 11) is 1.31. The van der Waals surface area contributed by atoms with E-state index in [4.69, 9.17) is 5.73 Å². The van der Waals surface area contributed by atoms with Crippen molar-refractivity contribution in [1.29, 1.82) is 0 Å². The first-order valence-corrected chi connectivity index (χ1v) is 6.45. The summed E-state index contributed by atoms with van der Waals surface area (Å²) in [5.41, 5.74) is 8.06. The molecule has 0 amide bonds. The third-order valence-corrected chi connectivity index (χ3v) is 3.80. The zero-order valence-corrected chi connectivity index (χ0v) is 12.5. The lowest BCUT2D eigenvalue weighted by Crippen LogP contribution is -2.08. The molecule has 0 aliphatic heterocycles. The predicted octanol–water partition coefficient (Wildman–Crippen LogP) is 2.62. The zero-order valence-electron chi connectivity index (χ0n) is 10.9. The SMILES string of the molecule is COC(=O)c1nc(C)n(-c2cccc(Br)c2C)c1N. The molecule has 0 spiro atoms. The minimum atomic E-state index is -0.535. The van der Waals surface area contributed by atoms with Crippen molar-refractivity contribution in [3.8, 4) is 5.69 Å². The molecule has 0 aliphatic carbocycles. The van der Waals surface area contributed by atoms with Crippen molar-refractivity contribution >= 4 is 27.7 Å². The molecule has 2 aromatic rings. The number of aryl methyl sites for hydroxylation is 1. The van der Waals surface area contributed by atoms with E-state index < -0.39 is 5.97 Å². The number of rotatable bonds is 2. The summed E-state index contributed by atoms with van der Waals surface area (Å²) in [6.45, 7) is 3.76. The molecule has 19 heavy (non-hydrogen) atoms. The number of hydrogen-bond acceptors (Lipinski definition) is 4. The number of imidazole rings is 1. The Bertz CT molecular complexity index is 650. The summed E-state index contributed by atoms with van der Waals surface area (Å²) in [5.74, 6) is 0.386. The molecular weight excluding hydrogens is 310 g/mol. The summed E-state index contributed by atoms with van der Waals surface area (Å²) in [6, 6.07) is 5.78. The minimum Gasteiger partial charge on any atom is -0.464 e. The Labute approximate surface area is 119 Å². The number of nitrogens with zero attached hydrogens (tertiary/aromatic N) is 2. The smallest absolute Gasteiger partial charge is 0.360 e. The average molecular weight is 324 g/mol. The Morgan fingerprint density at radius 1 is 1.42 bits per heavy atom. The van der Waals surface area contributed by atoms with E-state index in [1.165, 1.54) is 7.11 Å². The van der Waals surface area contributed by atoms with Gasteiger partial charge in [-0.25, -0.2) is 9.78 Å². The molecule has 2 rings (SSSR count). The molecular formula is C13H14BrN3O2. The summed E-state index contributed by atoms with van der Waals surface area (Å²) in [5, 5.41) is 0. The molecule has 0 aliphatic rings. The standard InChI is InChI=1S/C13H14BrN3O2/c1-7-9(14)5-4-6-10(7)17-8(2)16-11(12(17)15)13(18)19-3/h4-6H,15H2,1-3H3. The third kappa shape index (κ3) is 2.23. The Hall–Kier alpha value is -1.82. The zero-order chi connectivity index (χ0) is 14.2. The molecule has 0 unspecified atom stereocenters. The van der Waals surface area contributed by atoms with E-state index in [-0.39, 0.29) is 11.5 Å². The van der Waals surface area contributed by atoms with E-state index >= 15 is 0 Å². The van der Waals surface area contributed by atoms with Crippen molar-refractivity contribution in [3.63, 3.8) is 0 Å². The van der Waals surface area contributed by atoms with Gasteiger partial charge in [-0.15, -0.1) is 0 Å². The molecule has 1 aromatic carbocycles. The van der Waals surface area contributed by atoms with Crippen LogP contribution in [0.25, 0.3) is 5.69 Å².